The van der Waals surface area contributed by atoms with Gasteiger partial charge in [-0.05, 0) is 44.0 Å². The summed E-state index contributed by atoms with van der Waals surface area (Å²) in [7, 11) is 0. The number of ether oxygens (including phenoxy) is 1. The van der Waals surface area contributed by atoms with E-state index in [1.807, 2.05) is 0 Å². The molecule has 1 saturated heterocycles. The van der Waals surface area contributed by atoms with E-state index in [1.54, 1.807) is 0 Å². The molecule has 1 unspecified atom stereocenters. The third kappa shape index (κ3) is 4.64. The standard InChI is InChI=1S/C17H24N2O/c1-2-20-17-6-4-12-19(14-17)13-16-9-7-15(8-10-16)5-3-11-18/h7-10,17H,2,4,6,11-14,18H2,1H3. The van der Waals surface area contributed by atoms with E-state index in [1.165, 1.54) is 18.4 Å². The summed E-state index contributed by atoms with van der Waals surface area (Å²) in [6.45, 7) is 6.50. The molecule has 0 spiro atoms. The average molecular weight is 272 g/mol. The van der Waals surface area contributed by atoms with Crippen molar-refractivity contribution in [3.8, 4) is 11.8 Å². The Bertz CT molecular complexity index is 456. The van der Waals surface area contributed by atoms with E-state index in [4.69, 9.17) is 10.5 Å². The number of hydrogen-bond donors (Lipinski definition) is 1. The molecule has 1 aromatic rings. The molecular weight excluding hydrogens is 248 g/mol. The topological polar surface area (TPSA) is 38.5 Å². The molecule has 2 N–H and O–H groups in total. The maximum absolute atomic E-state index is 5.74. The van der Waals surface area contributed by atoms with Gasteiger partial charge in [-0.3, -0.25) is 4.90 Å². The first-order valence-corrected chi connectivity index (χ1v) is 7.43. The minimum absolute atomic E-state index is 0.406. The van der Waals surface area contributed by atoms with Gasteiger partial charge in [-0.15, -0.1) is 0 Å². The Hall–Kier alpha value is -1.34. The number of hydrogen-bond acceptors (Lipinski definition) is 3. The molecule has 108 valence electrons. The fourth-order valence-electron chi connectivity index (χ4n) is 2.63. The molecule has 1 aliphatic rings. The van der Waals surface area contributed by atoms with Crippen LogP contribution in [0.3, 0.4) is 0 Å². The highest BCUT2D eigenvalue weighted by atomic mass is 16.5. The minimum atomic E-state index is 0.406. The molecule has 0 saturated carbocycles. The zero-order valence-corrected chi connectivity index (χ0v) is 12.3. The highest BCUT2D eigenvalue weighted by Crippen LogP contribution is 2.16. The molecule has 3 heteroatoms. The smallest absolute Gasteiger partial charge is 0.0702 e. The van der Waals surface area contributed by atoms with Crippen LogP contribution in [-0.4, -0.2) is 37.2 Å². The lowest BCUT2D eigenvalue weighted by Gasteiger charge is -2.32. The van der Waals surface area contributed by atoms with Crippen molar-refractivity contribution in [3.63, 3.8) is 0 Å². The molecule has 0 radical (unpaired) electrons. The Morgan fingerprint density at radius 1 is 1.35 bits per heavy atom. The maximum Gasteiger partial charge on any atom is 0.0702 e. The number of piperidine rings is 1. The largest absolute Gasteiger partial charge is 0.377 e. The SMILES string of the molecule is CCOC1CCCN(Cc2ccc(C#CCN)cc2)C1. The second kappa shape index (κ2) is 8.06. The van der Waals surface area contributed by atoms with Crippen LogP contribution in [0.15, 0.2) is 24.3 Å². The van der Waals surface area contributed by atoms with Gasteiger partial charge in [0.05, 0.1) is 12.6 Å². The molecule has 0 aliphatic carbocycles. The van der Waals surface area contributed by atoms with Crippen molar-refractivity contribution in [2.45, 2.75) is 32.4 Å². The fraction of sp³-hybridized carbons (Fsp3) is 0.529. The number of likely N-dealkylation sites (tertiary alicyclic amines) is 1. The molecule has 1 fully saturated rings. The summed E-state index contributed by atoms with van der Waals surface area (Å²) in [5.41, 5.74) is 7.74. The van der Waals surface area contributed by atoms with Gasteiger partial charge >= 0.3 is 0 Å². The van der Waals surface area contributed by atoms with E-state index in [0.29, 0.717) is 12.6 Å². The molecule has 0 bridgehead atoms. The number of nitrogens with two attached hydrogens (primary N) is 1. The summed E-state index contributed by atoms with van der Waals surface area (Å²) >= 11 is 0. The summed E-state index contributed by atoms with van der Waals surface area (Å²) in [5.74, 6) is 5.93. The number of nitrogens with zero attached hydrogens (tertiary/aromatic N) is 1. The Kier molecular flexibility index (Phi) is 6.07. The number of rotatable bonds is 4. The number of benzene rings is 1. The predicted molar refractivity (Wildman–Crippen MR) is 82.3 cm³/mol. The van der Waals surface area contributed by atoms with Crippen LogP contribution in [0.25, 0.3) is 0 Å². The maximum atomic E-state index is 5.74. The monoisotopic (exact) mass is 272 g/mol. The summed E-state index contributed by atoms with van der Waals surface area (Å²) < 4.78 is 5.74. The van der Waals surface area contributed by atoms with Crippen molar-refractivity contribution in [1.82, 2.24) is 4.90 Å². The summed E-state index contributed by atoms with van der Waals surface area (Å²) in [6, 6.07) is 8.46. The van der Waals surface area contributed by atoms with E-state index in [0.717, 1.165) is 31.8 Å². The second-order valence-corrected chi connectivity index (χ2v) is 5.16. The zero-order valence-electron chi connectivity index (χ0n) is 12.3. The average Bonchev–Trinajstić information content (AvgIpc) is 2.47. The van der Waals surface area contributed by atoms with E-state index >= 15 is 0 Å². The Morgan fingerprint density at radius 3 is 2.85 bits per heavy atom. The molecule has 2 rings (SSSR count). The molecule has 3 nitrogen and oxygen atoms in total. The molecule has 1 aromatic carbocycles. The Labute approximate surface area is 122 Å². The van der Waals surface area contributed by atoms with Gasteiger partial charge in [0.15, 0.2) is 0 Å². The van der Waals surface area contributed by atoms with Crippen LogP contribution in [0.1, 0.15) is 30.9 Å². The first-order chi connectivity index (χ1) is 9.81. The van der Waals surface area contributed by atoms with E-state index in [9.17, 15) is 0 Å². The van der Waals surface area contributed by atoms with Gasteiger partial charge in [0.1, 0.15) is 0 Å². The van der Waals surface area contributed by atoms with E-state index < -0.39 is 0 Å². The predicted octanol–water partition coefficient (Wildman–Crippen LogP) is 2.00. The van der Waals surface area contributed by atoms with Gasteiger partial charge < -0.3 is 10.5 Å². The molecule has 0 amide bonds. The molecule has 1 atom stereocenters. The molecule has 20 heavy (non-hydrogen) atoms. The summed E-state index contributed by atoms with van der Waals surface area (Å²) in [5, 5.41) is 0. The first kappa shape index (κ1) is 15.1. The van der Waals surface area contributed by atoms with Gasteiger partial charge in [0, 0.05) is 25.3 Å². The van der Waals surface area contributed by atoms with Crippen molar-refractivity contribution in [2.75, 3.05) is 26.2 Å². The third-order valence-electron chi connectivity index (χ3n) is 3.56. The highest BCUT2D eigenvalue weighted by Gasteiger charge is 2.19. The van der Waals surface area contributed by atoms with Crippen LogP contribution in [0.5, 0.6) is 0 Å². The summed E-state index contributed by atoms with van der Waals surface area (Å²) in [4.78, 5) is 2.48. The lowest BCUT2D eigenvalue weighted by atomic mass is 10.1. The molecule has 1 aliphatic heterocycles. The molecule has 0 aromatic heterocycles. The Morgan fingerprint density at radius 2 is 2.15 bits per heavy atom. The lowest BCUT2D eigenvalue weighted by molar-refractivity contribution is 0.00363. The highest BCUT2D eigenvalue weighted by molar-refractivity contribution is 5.36. The van der Waals surface area contributed by atoms with Gasteiger partial charge in [-0.25, -0.2) is 0 Å². The minimum Gasteiger partial charge on any atom is -0.377 e. The normalized spacial score (nSPS) is 19.4. The van der Waals surface area contributed by atoms with Crippen molar-refractivity contribution < 1.29 is 4.74 Å². The summed E-state index contributed by atoms with van der Waals surface area (Å²) in [6.07, 6.45) is 2.83. The fourth-order valence-corrected chi connectivity index (χ4v) is 2.63. The second-order valence-electron chi connectivity index (χ2n) is 5.16. The lowest BCUT2D eigenvalue weighted by Crippen LogP contribution is -2.39. The molecule has 1 heterocycles. The third-order valence-corrected chi connectivity index (χ3v) is 3.56. The van der Waals surface area contributed by atoms with Crippen LogP contribution in [0.4, 0.5) is 0 Å². The van der Waals surface area contributed by atoms with Crippen molar-refractivity contribution in [2.24, 2.45) is 5.73 Å². The van der Waals surface area contributed by atoms with Crippen molar-refractivity contribution >= 4 is 0 Å². The van der Waals surface area contributed by atoms with Crippen LogP contribution >= 0.6 is 0 Å². The van der Waals surface area contributed by atoms with Crippen LogP contribution in [0.2, 0.25) is 0 Å². The van der Waals surface area contributed by atoms with E-state index in [2.05, 4.69) is 47.9 Å². The van der Waals surface area contributed by atoms with Crippen LogP contribution in [0, 0.1) is 11.8 Å². The van der Waals surface area contributed by atoms with E-state index in [-0.39, 0.29) is 0 Å². The first-order valence-electron chi connectivity index (χ1n) is 7.43. The quantitative estimate of drug-likeness (QED) is 0.852. The van der Waals surface area contributed by atoms with Gasteiger partial charge in [-0.2, -0.15) is 0 Å². The van der Waals surface area contributed by atoms with Gasteiger partial charge in [-0.1, -0.05) is 24.0 Å². The van der Waals surface area contributed by atoms with Crippen LogP contribution < -0.4 is 5.73 Å². The van der Waals surface area contributed by atoms with Crippen molar-refractivity contribution in [3.05, 3.63) is 35.4 Å². The Balaban J connectivity index is 1.89. The van der Waals surface area contributed by atoms with Gasteiger partial charge in [0.2, 0.25) is 0 Å². The molecular formula is C17H24N2O. The zero-order chi connectivity index (χ0) is 14.2. The van der Waals surface area contributed by atoms with Crippen molar-refractivity contribution in [1.29, 1.82) is 0 Å². The van der Waals surface area contributed by atoms with Gasteiger partial charge in [0.25, 0.3) is 0 Å². The van der Waals surface area contributed by atoms with Crippen LogP contribution in [-0.2, 0) is 11.3 Å².